The number of carbonyl (C=O) groups is 1. The predicted octanol–water partition coefficient (Wildman–Crippen LogP) is 1.12. The molecule has 0 aliphatic carbocycles. The molecule has 4 heteroatoms. The Morgan fingerprint density at radius 1 is 1.19 bits per heavy atom. The maximum Gasteiger partial charge on any atom is 0.310 e. The van der Waals surface area contributed by atoms with Crippen molar-refractivity contribution in [2.45, 2.75) is 27.2 Å². The lowest BCUT2D eigenvalue weighted by molar-refractivity contribution is -0.149. The van der Waals surface area contributed by atoms with Gasteiger partial charge < -0.3 is 10.0 Å². The standard InChI is InChI=1S/C12H24N2O2/c1-4-12(3,11(15)16)10-14-8-6-13(5-2)7-9-14/h4-10H2,1-3H3,(H,15,16). The normalized spacial score (nSPS) is 22.9. The van der Waals surface area contributed by atoms with Crippen LogP contribution in [0.3, 0.4) is 0 Å². The number of hydrogen-bond donors (Lipinski definition) is 1. The Labute approximate surface area is 98.2 Å². The first kappa shape index (κ1) is 13.5. The van der Waals surface area contributed by atoms with Crippen LogP contribution in [-0.2, 0) is 4.79 Å². The largest absolute Gasteiger partial charge is 0.481 e. The van der Waals surface area contributed by atoms with E-state index in [1.54, 1.807) is 0 Å². The van der Waals surface area contributed by atoms with E-state index >= 15 is 0 Å². The number of hydrogen-bond acceptors (Lipinski definition) is 3. The van der Waals surface area contributed by atoms with Crippen LogP contribution in [0.1, 0.15) is 27.2 Å². The van der Waals surface area contributed by atoms with Crippen molar-refractivity contribution >= 4 is 5.97 Å². The van der Waals surface area contributed by atoms with Crippen LogP contribution in [0.2, 0.25) is 0 Å². The number of carboxylic acids is 1. The zero-order valence-corrected chi connectivity index (χ0v) is 10.7. The Morgan fingerprint density at radius 2 is 1.69 bits per heavy atom. The lowest BCUT2D eigenvalue weighted by Crippen LogP contribution is -2.50. The Kier molecular flexibility index (Phi) is 4.74. The summed E-state index contributed by atoms with van der Waals surface area (Å²) < 4.78 is 0. The smallest absolute Gasteiger partial charge is 0.310 e. The molecule has 1 heterocycles. The van der Waals surface area contributed by atoms with Crippen LogP contribution in [0.5, 0.6) is 0 Å². The van der Waals surface area contributed by atoms with Crippen molar-refractivity contribution in [2.75, 3.05) is 39.3 Å². The summed E-state index contributed by atoms with van der Waals surface area (Å²) in [5.74, 6) is -0.673. The van der Waals surface area contributed by atoms with Crippen molar-refractivity contribution in [3.63, 3.8) is 0 Å². The molecule has 1 unspecified atom stereocenters. The van der Waals surface area contributed by atoms with Gasteiger partial charge in [-0.05, 0) is 19.9 Å². The first-order chi connectivity index (χ1) is 7.51. The van der Waals surface area contributed by atoms with Gasteiger partial charge in [-0.15, -0.1) is 0 Å². The van der Waals surface area contributed by atoms with Gasteiger partial charge in [-0.2, -0.15) is 0 Å². The van der Waals surface area contributed by atoms with Crippen molar-refractivity contribution in [2.24, 2.45) is 5.41 Å². The van der Waals surface area contributed by atoms with Crippen LogP contribution in [0, 0.1) is 5.41 Å². The van der Waals surface area contributed by atoms with E-state index in [1.165, 1.54) is 0 Å². The highest BCUT2D eigenvalue weighted by atomic mass is 16.4. The van der Waals surface area contributed by atoms with Crippen LogP contribution < -0.4 is 0 Å². The molecule has 0 aromatic rings. The second kappa shape index (κ2) is 5.64. The van der Waals surface area contributed by atoms with Gasteiger partial charge in [0.25, 0.3) is 0 Å². The number of carboxylic acid groups (broad SMARTS) is 1. The van der Waals surface area contributed by atoms with Crippen molar-refractivity contribution in [3.05, 3.63) is 0 Å². The molecule has 1 fully saturated rings. The van der Waals surface area contributed by atoms with Crippen molar-refractivity contribution in [1.82, 2.24) is 9.80 Å². The molecule has 0 radical (unpaired) electrons. The molecule has 1 saturated heterocycles. The van der Waals surface area contributed by atoms with E-state index in [1.807, 2.05) is 13.8 Å². The Bertz CT molecular complexity index is 237. The van der Waals surface area contributed by atoms with Crippen LogP contribution in [0.4, 0.5) is 0 Å². The van der Waals surface area contributed by atoms with Gasteiger partial charge in [0.15, 0.2) is 0 Å². The predicted molar refractivity (Wildman–Crippen MR) is 64.6 cm³/mol. The highest BCUT2D eigenvalue weighted by molar-refractivity contribution is 5.74. The Balaban J connectivity index is 2.46. The third-order valence-corrected chi connectivity index (χ3v) is 3.78. The fraction of sp³-hybridized carbons (Fsp3) is 0.917. The van der Waals surface area contributed by atoms with E-state index < -0.39 is 11.4 Å². The van der Waals surface area contributed by atoms with E-state index in [0.29, 0.717) is 13.0 Å². The molecule has 1 aliphatic rings. The topological polar surface area (TPSA) is 43.8 Å². The second-order valence-electron chi connectivity index (χ2n) is 4.93. The van der Waals surface area contributed by atoms with E-state index in [2.05, 4.69) is 16.7 Å². The molecule has 16 heavy (non-hydrogen) atoms. The van der Waals surface area contributed by atoms with Crippen molar-refractivity contribution in [3.8, 4) is 0 Å². The summed E-state index contributed by atoms with van der Waals surface area (Å²) in [6, 6.07) is 0. The van der Waals surface area contributed by atoms with Crippen LogP contribution >= 0.6 is 0 Å². The van der Waals surface area contributed by atoms with Gasteiger partial charge in [0.05, 0.1) is 5.41 Å². The molecule has 0 aromatic heterocycles. The monoisotopic (exact) mass is 228 g/mol. The zero-order valence-electron chi connectivity index (χ0n) is 10.7. The number of aliphatic carboxylic acids is 1. The molecule has 4 nitrogen and oxygen atoms in total. The average Bonchev–Trinajstić information content (AvgIpc) is 2.29. The minimum Gasteiger partial charge on any atom is -0.481 e. The number of likely N-dealkylation sites (N-methyl/N-ethyl adjacent to an activating group) is 1. The third kappa shape index (κ3) is 3.19. The van der Waals surface area contributed by atoms with Gasteiger partial charge >= 0.3 is 5.97 Å². The first-order valence-electron chi connectivity index (χ1n) is 6.20. The lowest BCUT2D eigenvalue weighted by atomic mass is 9.87. The van der Waals surface area contributed by atoms with Gasteiger partial charge in [-0.3, -0.25) is 9.69 Å². The maximum atomic E-state index is 11.2. The maximum absolute atomic E-state index is 11.2. The highest BCUT2D eigenvalue weighted by Gasteiger charge is 2.33. The molecule has 1 N–H and O–H groups in total. The van der Waals surface area contributed by atoms with Crippen LogP contribution in [-0.4, -0.2) is 60.1 Å². The van der Waals surface area contributed by atoms with Crippen molar-refractivity contribution in [1.29, 1.82) is 0 Å². The summed E-state index contributed by atoms with van der Waals surface area (Å²) in [7, 11) is 0. The summed E-state index contributed by atoms with van der Waals surface area (Å²) in [6.45, 7) is 11.9. The molecule has 0 spiro atoms. The minimum absolute atomic E-state index is 0.589. The summed E-state index contributed by atoms with van der Waals surface area (Å²) >= 11 is 0. The van der Waals surface area contributed by atoms with E-state index in [-0.39, 0.29) is 0 Å². The van der Waals surface area contributed by atoms with Crippen molar-refractivity contribution < 1.29 is 9.90 Å². The third-order valence-electron chi connectivity index (χ3n) is 3.78. The molecule has 0 bridgehead atoms. The lowest BCUT2D eigenvalue weighted by Gasteiger charge is -2.38. The van der Waals surface area contributed by atoms with Crippen LogP contribution in [0.25, 0.3) is 0 Å². The van der Waals surface area contributed by atoms with Gasteiger partial charge in [0.2, 0.25) is 0 Å². The Hall–Kier alpha value is -0.610. The fourth-order valence-electron chi connectivity index (χ4n) is 2.09. The number of rotatable bonds is 5. The Morgan fingerprint density at radius 3 is 2.06 bits per heavy atom. The number of piperazine rings is 1. The average molecular weight is 228 g/mol. The van der Waals surface area contributed by atoms with E-state index in [4.69, 9.17) is 0 Å². The molecule has 94 valence electrons. The quantitative estimate of drug-likeness (QED) is 0.766. The van der Waals surface area contributed by atoms with Gasteiger partial charge in [-0.1, -0.05) is 13.8 Å². The minimum atomic E-state index is -0.673. The summed E-state index contributed by atoms with van der Waals surface area (Å²) in [5.41, 5.74) is -0.589. The molecule has 1 atom stereocenters. The molecule has 1 aliphatic heterocycles. The van der Waals surface area contributed by atoms with Crippen LogP contribution in [0.15, 0.2) is 0 Å². The van der Waals surface area contributed by atoms with Gasteiger partial charge in [-0.25, -0.2) is 0 Å². The first-order valence-corrected chi connectivity index (χ1v) is 6.20. The summed E-state index contributed by atoms with van der Waals surface area (Å²) in [4.78, 5) is 15.9. The molecule has 0 aromatic carbocycles. The SMILES string of the molecule is CCN1CCN(CC(C)(CC)C(=O)O)CC1. The van der Waals surface area contributed by atoms with E-state index in [9.17, 15) is 9.90 Å². The summed E-state index contributed by atoms with van der Waals surface area (Å²) in [6.07, 6.45) is 0.691. The molecule has 0 saturated carbocycles. The fourth-order valence-corrected chi connectivity index (χ4v) is 2.09. The number of nitrogens with zero attached hydrogens (tertiary/aromatic N) is 2. The molecular weight excluding hydrogens is 204 g/mol. The highest BCUT2D eigenvalue weighted by Crippen LogP contribution is 2.23. The molecule has 0 amide bonds. The zero-order chi connectivity index (χ0) is 12.2. The molecular formula is C12H24N2O2. The summed E-state index contributed by atoms with van der Waals surface area (Å²) in [5, 5.41) is 9.22. The van der Waals surface area contributed by atoms with Gasteiger partial charge in [0, 0.05) is 32.7 Å². The van der Waals surface area contributed by atoms with E-state index in [0.717, 1.165) is 32.7 Å². The second-order valence-corrected chi connectivity index (χ2v) is 4.93. The molecule has 1 rings (SSSR count). The van der Waals surface area contributed by atoms with Gasteiger partial charge in [0.1, 0.15) is 0 Å².